The van der Waals surface area contributed by atoms with Gasteiger partial charge < -0.3 is 14.7 Å². The van der Waals surface area contributed by atoms with Gasteiger partial charge in [0.2, 0.25) is 20.9 Å². The second-order valence-corrected chi connectivity index (χ2v) is 12.1. The Labute approximate surface area is 214 Å². The van der Waals surface area contributed by atoms with E-state index in [1.807, 2.05) is 6.92 Å². The van der Waals surface area contributed by atoms with E-state index in [1.54, 1.807) is 6.20 Å². The van der Waals surface area contributed by atoms with Crippen LogP contribution in [0.2, 0.25) is 0 Å². The highest BCUT2D eigenvalue weighted by Gasteiger charge is 2.60. The van der Waals surface area contributed by atoms with Crippen LogP contribution in [0.5, 0.6) is 0 Å². The minimum Gasteiger partial charge on any atom is -0.456 e. The Hall–Kier alpha value is -3.62. The number of hydrogen-bond donors (Lipinski definition) is 1. The minimum atomic E-state index is -3.61. The van der Waals surface area contributed by atoms with Crippen LogP contribution in [0, 0.1) is 22.0 Å². The Bertz CT molecular complexity index is 1590. The normalized spacial score (nSPS) is 22.2. The minimum absolute atomic E-state index is 0.0414. The molecule has 1 amide bonds. The quantitative estimate of drug-likeness (QED) is 0.202. The summed E-state index contributed by atoms with van der Waals surface area (Å²) in [6.45, 7) is 3.19. The molecule has 0 bridgehead atoms. The van der Waals surface area contributed by atoms with Gasteiger partial charge in [-0.05, 0) is 24.6 Å². The number of aliphatic hydroxyl groups excluding tert-OH is 1. The second kappa shape index (κ2) is 8.75. The van der Waals surface area contributed by atoms with Gasteiger partial charge in [-0.1, -0.05) is 6.92 Å². The van der Waals surface area contributed by atoms with Crippen molar-refractivity contribution in [3.05, 3.63) is 62.9 Å². The van der Waals surface area contributed by atoms with Crippen LogP contribution in [-0.2, 0) is 30.8 Å². The number of non-ortho nitro benzene ring substituents is 1. The molecule has 194 valence electrons. The number of carbonyl (C=O) groups excluding carboxylic acids is 2. The standard InChI is InChI=1S/C23H22N4O8S2/c1-11-17(15-9-25-16(36-15)8-24-23(25)37(3,33)34)20(26-19(11)18(12(2)28)21(26)29)22(30)35-10-13-4-6-14(7-5-13)27(31)32/h4-9,11-12,18-19,28H,10H2,1-3H3/t11-,12+,18+,19+/m0/s1. The van der Waals surface area contributed by atoms with Crippen molar-refractivity contribution >= 4 is 49.1 Å². The summed E-state index contributed by atoms with van der Waals surface area (Å²) in [6.07, 6.45) is 3.13. The number of nitrogens with zero attached hydrogens (tertiary/aromatic N) is 4. The Balaban J connectivity index is 1.53. The zero-order valence-electron chi connectivity index (χ0n) is 19.9. The first-order chi connectivity index (χ1) is 17.4. The van der Waals surface area contributed by atoms with Gasteiger partial charge in [0.1, 0.15) is 17.1 Å². The molecule has 37 heavy (non-hydrogen) atoms. The monoisotopic (exact) mass is 546 g/mol. The van der Waals surface area contributed by atoms with Crippen LogP contribution in [0.4, 0.5) is 5.69 Å². The number of nitro benzene ring substituents is 1. The largest absolute Gasteiger partial charge is 0.456 e. The van der Waals surface area contributed by atoms with Gasteiger partial charge >= 0.3 is 5.97 Å². The van der Waals surface area contributed by atoms with Crippen molar-refractivity contribution in [2.24, 2.45) is 11.8 Å². The first-order valence-corrected chi connectivity index (χ1v) is 13.9. The summed E-state index contributed by atoms with van der Waals surface area (Å²) >= 11 is 1.22. The van der Waals surface area contributed by atoms with Crippen molar-refractivity contribution < 1.29 is 32.8 Å². The molecular formula is C23H22N4O8S2. The summed E-state index contributed by atoms with van der Waals surface area (Å²) < 4.78 is 31.2. The highest BCUT2D eigenvalue weighted by molar-refractivity contribution is 7.90. The average molecular weight is 547 g/mol. The van der Waals surface area contributed by atoms with Gasteiger partial charge in [0.25, 0.3) is 5.69 Å². The SMILES string of the molecule is C[C@@H](O)[C@H]1C(=O)N2C(C(=O)OCc3ccc([N+](=O)[O-])cc3)=C(c3cn4c(S(C)(=O)=O)ncc4s3)[C@H](C)[C@H]12. The number of fused-ring (bicyclic) bond motifs is 2. The fraction of sp³-hybridized carbons (Fsp3) is 0.348. The van der Waals surface area contributed by atoms with Crippen molar-refractivity contribution in [1.82, 2.24) is 14.3 Å². The smallest absolute Gasteiger partial charge is 0.355 e. The van der Waals surface area contributed by atoms with E-state index in [9.17, 15) is 33.2 Å². The molecule has 14 heteroatoms. The lowest BCUT2D eigenvalue weighted by Crippen LogP contribution is -2.63. The lowest BCUT2D eigenvalue weighted by molar-refractivity contribution is -0.384. The first-order valence-electron chi connectivity index (χ1n) is 11.2. The fourth-order valence-corrected chi connectivity index (χ4v) is 6.92. The van der Waals surface area contributed by atoms with Crippen molar-refractivity contribution in [2.75, 3.05) is 6.26 Å². The predicted molar refractivity (Wildman–Crippen MR) is 131 cm³/mol. The molecule has 0 aliphatic carbocycles. The highest BCUT2D eigenvalue weighted by atomic mass is 32.2. The van der Waals surface area contributed by atoms with Gasteiger partial charge in [-0.2, -0.15) is 0 Å². The molecule has 1 fully saturated rings. The van der Waals surface area contributed by atoms with Gasteiger partial charge in [0, 0.05) is 36.1 Å². The van der Waals surface area contributed by atoms with Crippen molar-refractivity contribution in [3.8, 4) is 0 Å². The fourth-order valence-electron chi connectivity index (χ4n) is 4.99. The van der Waals surface area contributed by atoms with E-state index in [0.717, 1.165) is 6.26 Å². The van der Waals surface area contributed by atoms with Crippen LogP contribution in [-0.4, -0.2) is 63.0 Å². The van der Waals surface area contributed by atoms with Gasteiger partial charge in [0.15, 0.2) is 0 Å². The van der Waals surface area contributed by atoms with E-state index < -0.39 is 44.7 Å². The summed E-state index contributed by atoms with van der Waals surface area (Å²) in [4.78, 5) is 43.1. The average Bonchev–Trinajstić information content (AvgIpc) is 3.46. The van der Waals surface area contributed by atoms with Crippen molar-refractivity contribution in [1.29, 1.82) is 0 Å². The van der Waals surface area contributed by atoms with E-state index in [2.05, 4.69) is 4.98 Å². The molecule has 1 N–H and O–H groups in total. The zero-order valence-corrected chi connectivity index (χ0v) is 21.5. The third-order valence-electron chi connectivity index (χ3n) is 6.67. The number of benzene rings is 1. The van der Waals surface area contributed by atoms with E-state index in [0.29, 0.717) is 20.8 Å². The molecule has 0 radical (unpaired) electrons. The number of ether oxygens (including phenoxy) is 1. The second-order valence-electron chi connectivity index (χ2n) is 9.13. The zero-order chi connectivity index (χ0) is 26.8. The van der Waals surface area contributed by atoms with Crippen molar-refractivity contribution in [2.45, 2.75) is 37.8 Å². The first kappa shape index (κ1) is 25.0. The maximum Gasteiger partial charge on any atom is 0.355 e. The summed E-state index contributed by atoms with van der Waals surface area (Å²) in [5.74, 6) is -2.20. The van der Waals surface area contributed by atoms with Gasteiger partial charge in [-0.25, -0.2) is 18.2 Å². The Morgan fingerprint density at radius 1 is 1.32 bits per heavy atom. The van der Waals surface area contributed by atoms with Crippen LogP contribution < -0.4 is 0 Å². The summed E-state index contributed by atoms with van der Waals surface area (Å²) in [5.41, 5.74) is 0.984. The molecule has 5 rings (SSSR count). The van der Waals surface area contributed by atoms with Crippen LogP contribution >= 0.6 is 11.3 Å². The van der Waals surface area contributed by atoms with Crippen LogP contribution in [0.25, 0.3) is 10.4 Å². The van der Waals surface area contributed by atoms with Crippen LogP contribution in [0.1, 0.15) is 24.3 Å². The molecule has 0 saturated carbocycles. The maximum absolute atomic E-state index is 13.4. The van der Waals surface area contributed by atoms with Crippen LogP contribution in [0.15, 0.2) is 47.5 Å². The molecule has 1 aromatic carbocycles. The summed E-state index contributed by atoms with van der Waals surface area (Å²) in [5, 5.41) is 20.9. The molecule has 4 heterocycles. The molecule has 2 aromatic heterocycles. The number of β-lactam (4-membered cyclic amide) rings is 1. The predicted octanol–water partition coefficient (Wildman–Crippen LogP) is 2.02. The number of imidazole rings is 1. The number of esters is 1. The lowest BCUT2D eigenvalue weighted by Gasteiger charge is -2.46. The molecule has 12 nitrogen and oxygen atoms in total. The van der Waals surface area contributed by atoms with E-state index in [1.165, 1.54) is 58.0 Å². The van der Waals surface area contributed by atoms with E-state index >= 15 is 0 Å². The molecule has 1 saturated heterocycles. The molecule has 2 aliphatic rings. The number of sulfone groups is 1. The molecule has 3 aromatic rings. The van der Waals surface area contributed by atoms with E-state index in [-0.39, 0.29) is 29.1 Å². The van der Waals surface area contributed by atoms with Gasteiger partial charge in [-0.3, -0.25) is 19.3 Å². The summed E-state index contributed by atoms with van der Waals surface area (Å²) in [7, 11) is -3.61. The number of carbonyl (C=O) groups is 2. The third kappa shape index (κ3) is 4.01. The lowest BCUT2D eigenvalue weighted by atomic mass is 9.77. The number of amides is 1. The Kier molecular flexibility index (Phi) is 5.92. The van der Waals surface area contributed by atoms with Gasteiger partial charge in [0.05, 0.1) is 34.1 Å². The summed E-state index contributed by atoms with van der Waals surface area (Å²) in [6, 6.07) is 5.09. The van der Waals surface area contributed by atoms with Gasteiger partial charge in [-0.15, -0.1) is 11.3 Å². The van der Waals surface area contributed by atoms with E-state index in [4.69, 9.17) is 4.74 Å². The number of aromatic nitrogens is 2. The molecule has 0 spiro atoms. The number of rotatable bonds is 7. The molecule has 4 atom stereocenters. The number of aliphatic hydroxyl groups is 1. The van der Waals surface area contributed by atoms with Crippen molar-refractivity contribution in [3.63, 3.8) is 0 Å². The topological polar surface area (TPSA) is 161 Å². The highest BCUT2D eigenvalue weighted by Crippen LogP contribution is 2.51. The molecule has 0 unspecified atom stereocenters. The maximum atomic E-state index is 13.4. The number of nitro groups is 1. The third-order valence-corrected chi connectivity index (χ3v) is 8.69. The number of hydrogen-bond acceptors (Lipinski definition) is 10. The Morgan fingerprint density at radius 2 is 2.00 bits per heavy atom. The molecule has 2 aliphatic heterocycles. The molecular weight excluding hydrogens is 524 g/mol. The Morgan fingerprint density at radius 3 is 2.59 bits per heavy atom. The van der Waals surface area contributed by atoms with Crippen LogP contribution in [0.3, 0.4) is 0 Å². The number of thiazole rings is 1.